The van der Waals surface area contributed by atoms with E-state index in [2.05, 4.69) is 25.4 Å². The van der Waals surface area contributed by atoms with Gasteiger partial charge in [-0.1, -0.05) is 19.1 Å². The van der Waals surface area contributed by atoms with E-state index in [4.69, 9.17) is 4.74 Å². The number of ether oxygens (including phenoxy) is 2. The summed E-state index contributed by atoms with van der Waals surface area (Å²) in [6.07, 6.45) is 2.44. The maximum atomic E-state index is 12.8. The molecule has 0 saturated heterocycles. The Hall–Kier alpha value is -4.28. The monoisotopic (exact) mass is 497 g/mol. The van der Waals surface area contributed by atoms with Crippen LogP contribution in [0.4, 0.5) is 14.5 Å². The summed E-state index contributed by atoms with van der Waals surface area (Å²) in [6, 6.07) is 13.3. The van der Waals surface area contributed by atoms with Crippen LogP contribution in [-0.4, -0.2) is 46.5 Å². The highest BCUT2D eigenvalue weighted by Crippen LogP contribution is 2.33. The Kier molecular flexibility index (Phi) is 7.57. The van der Waals surface area contributed by atoms with Gasteiger partial charge in [0.05, 0.1) is 19.4 Å². The van der Waals surface area contributed by atoms with Gasteiger partial charge in [-0.3, -0.25) is 14.7 Å². The van der Waals surface area contributed by atoms with Crippen molar-refractivity contribution in [2.75, 3.05) is 12.4 Å². The first-order valence-corrected chi connectivity index (χ1v) is 11.3. The lowest BCUT2D eigenvalue weighted by Crippen LogP contribution is -2.36. The van der Waals surface area contributed by atoms with Gasteiger partial charge in [-0.2, -0.15) is 19.0 Å². The third kappa shape index (κ3) is 5.68. The molecule has 1 aromatic heterocycles. The zero-order valence-electron chi connectivity index (χ0n) is 19.7. The quantitative estimate of drug-likeness (QED) is 0.455. The molecule has 0 saturated carbocycles. The van der Waals surface area contributed by atoms with Gasteiger partial charge in [-0.05, 0) is 48.4 Å². The number of alkyl halides is 2. The Balaban J connectivity index is 1.53. The SMILES string of the molecule is CCC1CC(=O)N(Cc2ccc(NC(=O)c3ccn[nH]3)cc2)N=C1c1ccc(OC(F)F)c(OC)c1. The number of H-pyrrole nitrogens is 1. The third-order valence-electron chi connectivity index (χ3n) is 5.78. The molecular weight excluding hydrogens is 472 g/mol. The van der Waals surface area contributed by atoms with Gasteiger partial charge in [-0.25, -0.2) is 5.01 Å². The highest BCUT2D eigenvalue weighted by molar-refractivity contribution is 6.06. The minimum atomic E-state index is -2.97. The van der Waals surface area contributed by atoms with Crippen LogP contribution in [0.15, 0.2) is 59.8 Å². The van der Waals surface area contributed by atoms with Crippen LogP contribution in [0, 0.1) is 5.92 Å². The number of halogens is 2. The van der Waals surface area contributed by atoms with Crippen LogP contribution in [0.5, 0.6) is 11.5 Å². The van der Waals surface area contributed by atoms with Crippen LogP contribution < -0.4 is 14.8 Å². The zero-order valence-corrected chi connectivity index (χ0v) is 19.7. The second-order valence-corrected chi connectivity index (χ2v) is 8.11. The van der Waals surface area contributed by atoms with Gasteiger partial charge in [0.25, 0.3) is 5.91 Å². The van der Waals surface area contributed by atoms with Crippen molar-refractivity contribution in [3.8, 4) is 11.5 Å². The first kappa shape index (κ1) is 24.8. The van der Waals surface area contributed by atoms with E-state index in [-0.39, 0.29) is 42.2 Å². The molecule has 1 aliphatic heterocycles. The lowest BCUT2D eigenvalue weighted by Gasteiger charge is -2.29. The molecule has 2 heterocycles. The minimum Gasteiger partial charge on any atom is -0.493 e. The Morgan fingerprint density at radius 2 is 1.97 bits per heavy atom. The average molecular weight is 498 g/mol. The van der Waals surface area contributed by atoms with Gasteiger partial charge < -0.3 is 14.8 Å². The van der Waals surface area contributed by atoms with Crippen LogP contribution in [0.3, 0.4) is 0 Å². The number of anilines is 1. The molecule has 2 aromatic carbocycles. The van der Waals surface area contributed by atoms with Crippen LogP contribution in [0.25, 0.3) is 0 Å². The number of hydrazone groups is 1. The smallest absolute Gasteiger partial charge is 0.387 e. The molecular formula is C25H25F2N5O4. The van der Waals surface area contributed by atoms with Crippen LogP contribution in [0.1, 0.15) is 41.4 Å². The largest absolute Gasteiger partial charge is 0.493 e. The number of nitrogens with one attached hydrogen (secondary N) is 2. The van der Waals surface area contributed by atoms with E-state index in [1.54, 1.807) is 42.5 Å². The predicted molar refractivity (Wildman–Crippen MR) is 128 cm³/mol. The Labute approximate surface area is 206 Å². The molecule has 36 heavy (non-hydrogen) atoms. The molecule has 0 fully saturated rings. The number of methoxy groups -OCH3 is 1. The molecule has 4 rings (SSSR count). The number of benzene rings is 2. The van der Waals surface area contributed by atoms with E-state index in [9.17, 15) is 18.4 Å². The maximum Gasteiger partial charge on any atom is 0.387 e. The van der Waals surface area contributed by atoms with Crippen molar-refractivity contribution in [3.05, 3.63) is 71.5 Å². The van der Waals surface area contributed by atoms with Crippen molar-refractivity contribution in [2.24, 2.45) is 11.0 Å². The molecule has 188 valence electrons. The van der Waals surface area contributed by atoms with E-state index in [1.165, 1.54) is 24.4 Å². The fraction of sp³-hybridized carbons (Fsp3) is 0.280. The fourth-order valence-corrected chi connectivity index (χ4v) is 3.90. The maximum absolute atomic E-state index is 12.8. The summed E-state index contributed by atoms with van der Waals surface area (Å²) in [5.41, 5.74) is 3.09. The highest BCUT2D eigenvalue weighted by Gasteiger charge is 2.30. The van der Waals surface area contributed by atoms with Crippen LogP contribution in [0.2, 0.25) is 0 Å². The van der Waals surface area contributed by atoms with E-state index in [0.717, 1.165) is 5.56 Å². The number of hydrogen-bond donors (Lipinski definition) is 2. The van der Waals surface area contributed by atoms with Crippen LogP contribution >= 0.6 is 0 Å². The van der Waals surface area contributed by atoms with Gasteiger partial charge in [0.2, 0.25) is 5.91 Å². The van der Waals surface area contributed by atoms with E-state index in [1.807, 2.05) is 6.92 Å². The normalized spacial score (nSPS) is 15.6. The number of amides is 2. The van der Waals surface area contributed by atoms with Crippen molar-refractivity contribution in [1.82, 2.24) is 15.2 Å². The van der Waals surface area contributed by atoms with Gasteiger partial charge >= 0.3 is 6.61 Å². The van der Waals surface area contributed by atoms with Gasteiger partial charge in [-0.15, -0.1) is 0 Å². The Bertz CT molecular complexity index is 1250. The van der Waals surface area contributed by atoms with Crippen molar-refractivity contribution in [2.45, 2.75) is 32.9 Å². The Morgan fingerprint density at radius 1 is 1.19 bits per heavy atom. The van der Waals surface area contributed by atoms with Crippen molar-refractivity contribution >= 4 is 23.2 Å². The van der Waals surface area contributed by atoms with E-state index >= 15 is 0 Å². The molecule has 2 amide bonds. The predicted octanol–water partition coefficient (Wildman–Crippen LogP) is 4.43. The molecule has 0 aliphatic carbocycles. The van der Waals surface area contributed by atoms with Gasteiger partial charge in [0.1, 0.15) is 5.69 Å². The number of nitrogens with zero attached hydrogens (tertiary/aromatic N) is 3. The lowest BCUT2D eigenvalue weighted by molar-refractivity contribution is -0.133. The number of hydrogen-bond acceptors (Lipinski definition) is 6. The van der Waals surface area contributed by atoms with Crippen molar-refractivity contribution in [1.29, 1.82) is 0 Å². The summed E-state index contributed by atoms with van der Waals surface area (Å²) in [7, 11) is 1.37. The first-order valence-electron chi connectivity index (χ1n) is 11.3. The van der Waals surface area contributed by atoms with E-state index in [0.29, 0.717) is 29.1 Å². The molecule has 1 atom stereocenters. The molecule has 11 heteroatoms. The average Bonchev–Trinajstić information content (AvgIpc) is 3.41. The topological polar surface area (TPSA) is 109 Å². The molecule has 1 aliphatic rings. The second-order valence-electron chi connectivity index (χ2n) is 8.11. The number of rotatable bonds is 9. The first-order chi connectivity index (χ1) is 17.4. The number of carbonyl (C=O) groups is 2. The summed E-state index contributed by atoms with van der Waals surface area (Å²) < 4.78 is 35.1. The third-order valence-corrected chi connectivity index (χ3v) is 5.78. The molecule has 2 N–H and O–H groups in total. The molecule has 0 radical (unpaired) electrons. The second kappa shape index (κ2) is 11.0. The number of aromatic amines is 1. The Morgan fingerprint density at radius 3 is 2.61 bits per heavy atom. The lowest BCUT2D eigenvalue weighted by atomic mass is 9.89. The summed E-state index contributed by atoms with van der Waals surface area (Å²) in [6.45, 7) is -0.777. The van der Waals surface area contributed by atoms with Crippen molar-refractivity contribution < 1.29 is 27.8 Å². The fourth-order valence-electron chi connectivity index (χ4n) is 3.90. The van der Waals surface area contributed by atoms with E-state index < -0.39 is 6.61 Å². The number of carbonyl (C=O) groups excluding carboxylic acids is 2. The molecule has 3 aromatic rings. The molecule has 1 unspecified atom stereocenters. The minimum absolute atomic E-state index is 0.0756. The molecule has 0 spiro atoms. The summed E-state index contributed by atoms with van der Waals surface area (Å²) >= 11 is 0. The molecule has 9 nitrogen and oxygen atoms in total. The summed E-state index contributed by atoms with van der Waals surface area (Å²) in [5, 5.41) is 15.2. The van der Waals surface area contributed by atoms with Gasteiger partial charge in [0.15, 0.2) is 11.5 Å². The zero-order chi connectivity index (χ0) is 25.7. The highest BCUT2D eigenvalue weighted by atomic mass is 19.3. The standard InChI is InChI=1S/C25H25F2N5O4/c1-3-16-13-22(33)32(31-23(16)17-6-9-20(36-25(26)27)21(12-17)35-2)14-15-4-7-18(8-5-15)29-24(34)19-10-11-28-30-19/h4-12,16,25H,3,13-14H2,1-2H3,(H,28,30)(H,29,34). The van der Waals surface area contributed by atoms with Crippen molar-refractivity contribution in [3.63, 3.8) is 0 Å². The van der Waals surface area contributed by atoms with Gasteiger partial charge in [0, 0.05) is 29.8 Å². The van der Waals surface area contributed by atoms with Crippen LogP contribution in [-0.2, 0) is 11.3 Å². The summed E-state index contributed by atoms with van der Waals surface area (Å²) in [4.78, 5) is 25.0. The molecule has 0 bridgehead atoms. The number of aromatic nitrogens is 2. The summed E-state index contributed by atoms with van der Waals surface area (Å²) in [5.74, 6) is -0.478.